The number of hydrogen-bond donors (Lipinski definition) is 2. The van der Waals surface area contributed by atoms with Gasteiger partial charge in [0.05, 0.1) is 10.6 Å². The lowest BCUT2D eigenvalue weighted by Gasteiger charge is -2.34. The van der Waals surface area contributed by atoms with E-state index in [4.69, 9.17) is 11.6 Å². The SMILES string of the molecule is CC(C)(C)c1cccc(NC(=O)c2ccc(C3CCN(c4ccc(C(=O)O)c(Cl)c4)CC3)cc2)c1. The maximum absolute atomic E-state index is 12.8. The van der Waals surface area contributed by atoms with Gasteiger partial charge in [0.15, 0.2) is 0 Å². The Morgan fingerprint density at radius 2 is 1.66 bits per heavy atom. The summed E-state index contributed by atoms with van der Waals surface area (Å²) in [6.45, 7) is 8.18. The van der Waals surface area contributed by atoms with Crippen molar-refractivity contribution in [3.63, 3.8) is 0 Å². The van der Waals surface area contributed by atoms with Crippen LogP contribution in [0.1, 0.15) is 71.4 Å². The van der Waals surface area contributed by atoms with Crippen LogP contribution in [0, 0.1) is 0 Å². The Bertz CT molecular complexity index is 1220. The number of benzene rings is 3. The van der Waals surface area contributed by atoms with Crippen LogP contribution in [0.2, 0.25) is 5.02 Å². The lowest BCUT2D eigenvalue weighted by molar-refractivity contribution is 0.0697. The smallest absolute Gasteiger partial charge is 0.337 e. The molecule has 35 heavy (non-hydrogen) atoms. The van der Waals surface area contributed by atoms with E-state index in [2.05, 4.69) is 49.2 Å². The summed E-state index contributed by atoms with van der Waals surface area (Å²) in [6.07, 6.45) is 1.95. The molecule has 0 aliphatic carbocycles. The number of piperidine rings is 1. The number of amides is 1. The largest absolute Gasteiger partial charge is 0.478 e. The number of nitrogens with zero attached hydrogens (tertiary/aromatic N) is 1. The molecule has 1 aliphatic rings. The van der Waals surface area contributed by atoms with Gasteiger partial charge < -0.3 is 15.3 Å². The van der Waals surface area contributed by atoms with Gasteiger partial charge in [-0.15, -0.1) is 0 Å². The van der Waals surface area contributed by atoms with Crippen molar-refractivity contribution in [1.29, 1.82) is 0 Å². The van der Waals surface area contributed by atoms with E-state index in [-0.39, 0.29) is 21.9 Å². The first kappa shape index (κ1) is 24.8. The number of anilines is 2. The molecule has 0 saturated carbocycles. The van der Waals surface area contributed by atoms with Gasteiger partial charge >= 0.3 is 5.97 Å². The molecule has 4 rings (SSSR count). The van der Waals surface area contributed by atoms with E-state index in [0.717, 1.165) is 37.3 Å². The molecule has 1 aliphatic heterocycles. The predicted octanol–water partition coefficient (Wildman–Crippen LogP) is 6.97. The third kappa shape index (κ3) is 5.85. The van der Waals surface area contributed by atoms with Crippen LogP contribution < -0.4 is 10.2 Å². The molecule has 0 bridgehead atoms. The van der Waals surface area contributed by atoms with Crippen molar-refractivity contribution >= 4 is 34.9 Å². The standard InChI is InChI=1S/C29H31ClN2O3/c1-29(2,3)22-5-4-6-23(17-22)31-27(33)21-9-7-19(8-10-21)20-13-15-32(16-14-20)24-11-12-25(28(34)35)26(30)18-24/h4-12,17-18,20H,13-16H2,1-3H3,(H,31,33)(H,34,35). The van der Waals surface area contributed by atoms with Crippen LogP contribution in [0.4, 0.5) is 11.4 Å². The predicted molar refractivity (Wildman–Crippen MR) is 142 cm³/mol. The summed E-state index contributed by atoms with van der Waals surface area (Å²) in [5, 5.41) is 12.4. The minimum absolute atomic E-state index is 0.0200. The first-order valence-corrected chi connectivity index (χ1v) is 12.3. The molecule has 1 heterocycles. The molecule has 0 atom stereocenters. The first-order chi connectivity index (χ1) is 16.6. The maximum Gasteiger partial charge on any atom is 0.337 e. The van der Waals surface area contributed by atoms with Crippen LogP contribution in [-0.4, -0.2) is 30.1 Å². The number of aromatic carboxylic acids is 1. The van der Waals surface area contributed by atoms with Crippen molar-refractivity contribution in [1.82, 2.24) is 0 Å². The van der Waals surface area contributed by atoms with E-state index in [0.29, 0.717) is 11.5 Å². The number of rotatable bonds is 5. The monoisotopic (exact) mass is 490 g/mol. The number of carbonyl (C=O) groups is 2. The maximum atomic E-state index is 12.8. The number of carboxylic acids is 1. The molecule has 1 amide bonds. The summed E-state index contributed by atoms with van der Waals surface area (Å²) in [5.41, 5.74) is 4.94. The third-order valence-electron chi connectivity index (χ3n) is 6.67. The Kier molecular flexibility index (Phi) is 7.18. The summed E-state index contributed by atoms with van der Waals surface area (Å²) in [5.74, 6) is -0.712. The van der Waals surface area contributed by atoms with Crippen molar-refractivity contribution in [3.8, 4) is 0 Å². The number of nitrogens with one attached hydrogen (secondary N) is 1. The van der Waals surface area contributed by atoms with E-state index in [1.165, 1.54) is 11.1 Å². The van der Waals surface area contributed by atoms with Gasteiger partial charge in [-0.2, -0.15) is 0 Å². The van der Waals surface area contributed by atoms with Gasteiger partial charge in [-0.05, 0) is 77.8 Å². The first-order valence-electron chi connectivity index (χ1n) is 11.9. The number of hydrogen-bond acceptors (Lipinski definition) is 3. The van der Waals surface area contributed by atoms with Crippen molar-refractivity contribution in [3.05, 3.63) is 94.0 Å². The molecule has 1 saturated heterocycles. The van der Waals surface area contributed by atoms with Crippen molar-refractivity contribution in [2.45, 2.75) is 44.9 Å². The molecular weight excluding hydrogens is 460 g/mol. The summed E-state index contributed by atoms with van der Waals surface area (Å²) in [4.78, 5) is 26.2. The summed E-state index contributed by atoms with van der Waals surface area (Å²) in [6, 6.07) is 21.0. The highest BCUT2D eigenvalue weighted by atomic mass is 35.5. The quantitative estimate of drug-likeness (QED) is 0.405. The lowest BCUT2D eigenvalue weighted by Crippen LogP contribution is -2.32. The average Bonchev–Trinajstić information content (AvgIpc) is 2.83. The number of carboxylic acid groups (broad SMARTS) is 1. The van der Waals surface area contributed by atoms with Gasteiger partial charge in [-0.1, -0.05) is 56.6 Å². The molecule has 6 heteroatoms. The molecule has 2 N–H and O–H groups in total. The van der Waals surface area contributed by atoms with Crippen molar-refractivity contribution in [2.24, 2.45) is 0 Å². The van der Waals surface area contributed by atoms with Gasteiger partial charge in [-0.3, -0.25) is 4.79 Å². The van der Waals surface area contributed by atoms with Gasteiger partial charge in [-0.25, -0.2) is 4.79 Å². The van der Waals surface area contributed by atoms with Crippen molar-refractivity contribution < 1.29 is 14.7 Å². The zero-order valence-corrected chi connectivity index (χ0v) is 21.1. The van der Waals surface area contributed by atoms with E-state index >= 15 is 0 Å². The zero-order valence-electron chi connectivity index (χ0n) is 20.3. The third-order valence-corrected chi connectivity index (χ3v) is 6.99. The average molecular weight is 491 g/mol. The lowest BCUT2D eigenvalue weighted by atomic mass is 9.87. The molecule has 5 nitrogen and oxygen atoms in total. The van der Waals surface area contributed by atoms with Crippen LogP contribution in [0.15, 0.2) is 66.7 Å². The molecule has 0 radical (unpaired) electrons. The minimum Gasteiger partial charge on any atom is -0.478 e. The molecule has 3 aromatic rings. The topological polar surface area (TPSA) is 69.6 Å². The Morgan fingerprint density at radius 1 is 0.971 bits per heavy atom. The van der Waals surface area contributed by atoms with Crippen LogP contribution in [0.3, 0.4) is 0 Å². The van der Waals surface area contributed by atoms with Gasteiger partial charge in [0.1, 0.15) is 0 Å². The Hall–Kier alpha value is -3.31. The zero-order chi connectivity index (χ0) is 25.2. The number of carbonyl (C=O) groups excluding carboxylic acids is 1. The molecule has 0 spiro atoms. The van der Waals surface area contributed by atoms with E-state index < -0.39 is 5.97 Å². The second-order valence-electron chi connectivity index (χ2n) is 10.1. The van der Waals surface area contributed by atoms with Gasteiger partial charge in [0.2, 0.25) is 0 Å². The summed E-state index contributed by atoms with van der Waals surface area (Å²) < 4.78 is 0. The molecule has 1 fully saturated rings. The molecule has 182 valence electrons. The van der Waals surface area contributed by atoms with Crippen LogP contribution in [-0.2, 0) is 5.41 Å². The molecule has 3 aromatic carbocycles. The fourth-order valence-electron chi connectivity index (χ4n) is 4.52. The molecule has 0 unspecified atom stereocenters. The second kappa shape index (κ2) is 10.1. The molecular formula is C29H31ClN2O3. The summed E-state index contributed by atoms with van der Waals surface area (Å²) >= 11 is 6.15. The highest BCUT2D eigenvalue weighted by Gasteiger charge is 2.22. The van der Waals surface area contributed by atoms with Crippen LogP contribution in [0.5, 0.6) is 0 Å². The second-order valence-corrected chi connectivity index (χ2v) is 10.5. The fourth-order valence-corrected chi connectivity index (χ4v) is 4.77. The Labute approximate surface area is 211 Å². The Balaban J connectivity index is 1.36. The Morgan fingerprint density at radius 3 is 2.26 bits per heavy atom. The molecule has 0 aromatic heterocycles. The number of halogens is 1. The van der Waals surface area contributed by atoms with Gasteiger partial charge in [0.25, 0.3) is 5.91 Å². The summed E-state index contributed by atoms with van der Waals surface area (Å²) in [7, 11) is 0. The minimum atomic E-state index is -1.02. The fraction of sp³-hybridized carbons (Fsp3) is 0.310. The van der Waals surface area contributed by atoms with Crippen LogP contribution in [0.25, 0.3) is 0 Å². The van der Waals surface area contributed by atoms with E-state index in [9.17, 15) is 14.7 Å². The van der Waals surface area contributed by atoms with Crippen LogP contribution >= 0.6 is 11.6 Å². The highest BCUT2D eigenvalue weighted by molar-refractivity contribution is 6.33. The van der Waals surface area contributed by atoms with Crippen molar-refractivity contribution in [2.75, 3.05) is 23.3 Å². The van der Waals surface area contributed by atoms with E-state index in [1.807, 2.05) is 36.4 Å². The van der Waals surface area contributed by atoms with Gasteiger partial charge in [0, 0.05) is 30.0 Å². The van der Waals surface area contributed by atoms with E-state index in [1.54, 1.807) is 12.1 Å². The normalized spacial score (nSPS) is 14.6. The highest BCUT2D eigenvalue weighted by Crippen LogP contribution is 2.32.